The molecule has 20 heavy (non-hydrogen) atoms. The van der Waals surface area contributed by atoms with Crippen LogP contribution in [0.15, 0.2) is 6.20 Å². The number of rotatable bonds is 3. The lowest BCUT2D eigenvalue weighted by Crippen LogP contribution is -2.36. The van der Waals surface area contributed by atoms with Gasteiger partial charge in [0.1, 0.15) is 11.2 Å². The maximum absolute atomic E-state index is 9.28. The van der Waals surface area contributed by atoms with Gasteiger partial charge in [0.05, 0.1) is 5.46 Å². The molecule has 0 aliphatic carbocycles. The predicted molar refractivity (Wildman–Crippen MR) is 76.2 cm³/mol. The van der Waals surface area contributed by atoms with Gasteiger partial charge in [0.15, 0.2) is 0 Å². The topological polar surface area (TPSA) is 116 Å². The summed E-state index contributed by atoms with van der Waals surface area (Å²) >= 11 is 0. The Morgan fingerprint density at radius 1 is 1.00 bits per heavy atom. The van der Waals surface area contributed by atoms with Gasteiger partial charge < -0.3 is 25.0 Å². The first kappa shape index (κ1) is 18.6. The molecule has 8 heteroatoms. The van der Waals surface area contributed by atoms with Crippen molar-refractivity contribution in [1.29, 1.82) is 0 Å². The number of aromatic nitrogens is 2. The van der Waals surface area contributed by atoms with Crippen LogP contribution < -0.4 is 14.9 Å². The summed E-state index contributed by atoms with van der Waals surface area (Å²) in [6, 6.07) is 0.135. The van der Waals surface area contributed by atoms with Crippen LogP contribution in [0.5, 0.6) is 11.9 Å². The first-order valence-electron chi connectivity index (χ1n) is 6.09. The van der Waals surface area contributed by atoms with Crippen molar-refractivity contribution >= 4 is 12.6 Å². The van der Waals surface area contributed by atoms with Gasteiger partial charge in [-0.2, -0.15) is 4.98 Å². The van der Waals surface area contributed by atoms with Crippen LogP contribution in [0.2, 0.25) is 0 Å². The third-order valence-electron chi connectivity index (χ3n) is 1.84. The first-order chi connectivity index (χ1) is 8.48. The van der Waals surface area contributed by atoms with E-state index in [0.29, 0.717) is 0 Å². The minimum Gasteiger partial charge on any atom is -0.472 e. The van der Waals surface area contributed by atoms with E-state index < -0.39 is 18.3 Å². The van der Waals surface area contributed by atoms with Gasteiger partial charge >= 0.3 is 13.1 Å². The fourth-order valence-corrected chi connectivity index (χ4v) is 1.23. The molecule has 114 valence electrons. The zero-order valence-electron chi connectivity index (χ0n) is 12.8. The van der Waals surface area contributed by atoms with Crippen molar-refractivity contribution in [2.24, 2.45) is 0 Å². The Hall–Kier alpha value is -1.38. The van der Waals surface area contributed by atoms with Crippen molar-refractivity contribution in [3.63, 3.8) is 0 Å². The molecular formula is C12H23BN2O5. The second-order valence-electron chi connectivity index (χ2n) is 6.22. The molecule has 1 aromatic rings. The molecule has 0 aliphatic rings. The molecular weight excluding hydrogens is 263 g/mol. The average molecular weight is 286 g/mol. The molecule has 0 saturated carbocycles. The van der Waals surface area contributed by atoms with Crippen molar-refractivity contribution < 1.29 is 25.0 Å². The molecule has 0 radical (unpaired) electrons. The summed E-state index contributed by atoms with van der Waals surface area (Å²) in [4.78, 5) is 8.03. The molecule has 4 N–H and O–H groups in total. The molecule has 0 bridgehead atoms. The van der Waals surface area contributed by atoms with E-state index in [2.05, 4.69) is 9.97 Å². The van der Waals surface area contributed by atoms with Crippen LogP contribution in [0.1, 0.15) is 41.5 Å². The van der Waals surface area contributed by atoms with Crippen molar-refractivity contribution in [2.75, 3.05) is 0 Å². The second kappa shape index (κ2) is 6.38. The van der Waals surface area contributed by atoms with Gasteiger partial charge in [-0.05, 0) is 41.5 Å². The molecule has 0 amide bonds. The highest BCUT2D eigenvalue weighted by Gasteiger charge is 2.25. The molecule has 0 spiro atoms. The van der Waals surface area contributed by atoms with Gasteiger partial charge in [-0.1, -0.05) is 0 Å². The predicted octanol–water partition coefficient (Wildman–Crippen LogP) is -0.314. The van der Waals surface area contributed by atoms with E-state index in [1.54, 1.807) is 0 Å². The van der Waals surface area contributed by atoms with Crippen LogP contribution in [0.3, 0.4) is 0 Å². The standard InChI is InChI=1S/C12H21BN2O4.H2O/c1-11(2,3)18-9-8(13(16)17)7-14-10(15-9)19-12(4,5)6;/h7,16-17H,1-6H3;1H2. The molecule has 0 atom stereocenters. The Morgan fingerprint density at radius 3 is 1.90 bits per heavy atom. The summed E-state index contributed by atoms with van der Waals surface area (Å²) in [5.41, 5.74) is -0.855. The van der Waals surface area contributed by atoms with Gasteiger partial charge in [0.25, 0.3) is 0 Å². The van der Waals surface area contributed by atoms with E-state index in [9.17, 15) is 10.0 Å². The molecule has 0 aromatic carbocycles. The molecule has 0 unspecified atom stereocenters. The fraction of sp³-hybridized carbons (Fsp3) is 0.667. The second-order valence-corrected chi connectivity index (χ2v) is 6.22. The molecule has 1 heterocycles. The fourth-order valence-electron chi connectivity index (χ4n) is 1.23. The van der Waals surface area contributed by atoms with E-state index in [1.165, 1.54) is 6.20 Å². The summed E-state index contributed by atoms with van der Waals surface area (Å²) in [7, 11) is -1.69. The van der Waals surface area contributed by atoms with Crippen LogP contribution in [-0.2, 0) is 0 Å². The van der Waals surface area contributed by atoms with Crippen LogP contribution in [-0.4, -0.2) is 43.8 Å². The Kier molecular flexibility index (Phi) is 5.94. The maximum atomic E-state index is 9.28. The lowest BCUT2D eigenvalue weighted by molar-refractivity contribution is 0.104. The summed E-state index contributed by atoms with van der Waals surface area (Å²) in [5.74, 6) is 0.108. The Bertz CT molecular complexity index is 440. The van der Waals surface area contributed by atoms with Crippen molar-refractivity contribution in [2.45, 2.75) is 52.7 Å². The molecule has 0 saturated heterocycles. The Balaban J connectivity index is 0.00000361. The molecule has 0 aliphatic heterocycles. The number of hydrogen-bond donors (Lipinski definition) is 2. The largest absolute Gasteiger partial charge is 0.495 e. The van der Waals surface area contributed by atoms with Crippen LogP contribution in [0.4, 0.5) is 0 Å². The number of hydrogen-bond acceptors (Lipinski definition) is 6. The van der Waals surface area contributed by atoms with Crippen LogP contribution >= 0.6 is 0 Å². The van der Waals surface area contributed by atoms with Crippen LogP contribution in [0, 0.1) is 0 Å². The molecule has 0 fully saturated rings. The third kappa shape index (κ3) is 6.18. The van der Waals surface area contributed by atoms with Gasteiger partial charge in [0, 0.05) is 6.20 Å². The zero-order valence-corrected chi connectivity index (χ0v) is 12.8. The van der Waals surface area contributed by atoms with Crippen molar-refractivity contribution in [1.82, 2.24) is 9.97 Å². The van der Waals surface area contributed by atoms with E-state index in [1.807, 2.05) is 41.5 Å². The van der Waals surface area contributed by atoms with Gasteiger partial charge in [-0.3, -0.25) is 0 Å². The lowest BCUT2D eigenvalue weighted by Gasteiger charge is -2.24. The quantitative estimate of drug-likeness (QED) is 0.736. The van der Waals surface area contributed by atoms with E-state index in [4.69, 9.17) is 9.47 Å². The highest BCUT2D eigenvalue weighted by Crippen LogP contribution is 2.18. The Labute approximate surface area is 119 Å². The molecule has 1 rings (SSSR count). The number of nitrogens with zero attached hydrogens (tertiary/aromatic N) is 2. The zero-order chi connectivity index (χ0) is 14.8. The van der Waals surface area contributed by atoms with Gasteiger partial charge in [-0.15, -0.1) is 0 Å². The minimum atomic E-state index is -1.69. The molecule has 1 aromatic heterocycles. The van der Waals surface area contributed by atoms with E-state index >= 15 is 0 Å². The highest BCUT2D eigenvalue weighted by molar-refractivity contribution is 6.59. The van der Waals surface area contributed by atoms with E-state index in [-0.39, 0.29) is 22.8 Å². The van der Waals surface area contributed by atoms with Crippen LogP contribution in [0.25, 0.3) is 0 Å². The monoisotopic (exact) mass is 286 g/mol. The summed E-state index contributed by atoms with van der Waals surface area (Å²) in [6.45, 7) is 11.1. The number of ether oxygens (including phenoxy) is 2. The SMILES string of the molecule is CC(C)(C)Oc1ncc(B(O)O)c(OC(C)(C)C)n1.O. The maximum Gasteiger partial charge on any atom is 0.495 e. The summed E-state index contributed by atoms with van der Waals surface area (Å²) < 4.78 is 11.1. The Morgan fingerprint density at radius 2 is 1.50 bits per heavy atom. The van der Waals surface area contributed by atoms with Crippen molar-refractivity contribution in [3.05, 3.63) is 6.20 Å². The third-order valence-corrected chi connectivity index (χ3v) is 1.84. The highest BCUT2D eigenvalue weighted by atomic mass is 16.5. The first-order valence-corrected chi connectivity index (χ1v) is 6.09. The lowest BCUT2D eigenvalue weighted by atomic mass is 9.82. The van der Waals surface area contributed by atoms with Gasteiger partial charge in [-0.25, -0.2) is 4.98 Å². The van der Waals surface area contributed by atoms with Crippen molar-refractivity contribution in [3.8, 4) is 11.9 Å². The smallest absolute Gasteiger partial charge is 0.472 e. The normalized spacial score (nSPS) is 11.6. The van der Waals surface area contributed by atoms with Gasteiger partial charge in [0.2, 0.25) is 5.88 Å². The minimum absolute atomic E-state index is 0. The average Bonchev–Trinajstić information content (AvgIpc) is 2.11. The summed E-state index contributed by atoms with van der Waals surface area (Å²) in [5, 5.41) is 18.6. The van der Waals surface area contributed by atoms with E-state index in [0.717, 1.165) is 0 Å². The molecule has 7 nitrogen and oxygen atoms in total. The summed E-state index contributed by atoms with van der Waals surface area (Å²) in [6.07, 6.45) is 1.29.